The molecule has 0 spiro atoms. The molecule has 0 unspecified atom stereocenters. The Morgan fingerprint density at radius 2 is 1.72 bits per heavy atom. The second kappa shape index (κ2) is 7.44. The Bertz CT molecular complexity index is 896. The van der Waals surface area contributed by atoms with Gasteiger partial charge in [0.25, 0.3) is 0 Å². The number of nitrogens with zero attached hydrogens (tertiary/aromatic N) is 2. The molecule has 6 nitrogen and oxygen atoms in total. The van der Waals surface area contributed by atoms with Crippen molar-refractivity contribution in [3.63, 3.8) is 0 Å². The van der Waals surface area contributed by atoms with Gasteiger partial charge in [0.1, 0.15) is 17.9 Å². The lowest BCUT2D eigenvalue weighted by Crippen LogP contribution is -2.07. The lowest BCUT2D eigenvalue weighted by Gasteiger charge is -2.12. The van der Waals surface area contributed by atoms with Gasteiger partial charge in [0, 0.05) is 18.6 Å². The molecule has 6 heteroatoms. The minimum absolute atomic E-state index is 0.131. The lowest BCUT2D eigenvalue weighted by atomic mass is 10.1. The van der Waals surface area contributed by atoms with Crippen LogP contribution >= 0.6 is 0 Å². The van der Waals surface area contributed by atoms with Gasteiger partial charge in [-0.3, -0.25) is 4.79 Å². The molecule has 0 saturated heterocycles. The van der Waals surface area contributed by atoms with E-state index in [0.29, 0.717) is 17.2 Å². The highest BCUT2D eigenvalue weighted by Gasteiger charge is 2.09. The zero-order chi connectivity index (χ0) is 17.6. The number of benzene rings is 2. The molecule has 0 atom stereocenters. The molecule has 0 aliphatic heterocycles. The van der Waals surface area contributed by atoms with Gasteiger partial charge in [-0.2, -0.15) is 0 Å². The number of anilines is 3. The first kappa shape index (κ1) is 16.4. The summed E-state index contributed by atoms with van der Waals surface area (Å²) in [5.74, 6) is 1.22. The van der Waals surface area contributed by atoms with Crippen LogP contribution in [0.3, 0.4) is 0 Å². The third-order valence-corrected chi connectivity index (χ3v) is 3.55. The summed E-state index contributed by atoms with van der Waals surface area (Å²) in [6, 6.07) is 16.9. The zero-order valence-corrected chi connectivity index (χ0v) is 14.0. The van der Waals surface area contributed by atoms with Gasteiger partial charge in [0.05, 0.1) is 24.2 Å². The van der Waals surface area contributed by atoms with Crippen LogP contribution in [-0.2, 0) is 4.79 Å². The maximum Gasteiger partial charge on any atom is 0.221 e. The molecule has 3 rings (SSSR count). The van der Waals surface area contributed by atoms with Crippen LogP contribution < -0.4 is 15.4 Å². The molecular weight excluding hydrogens is 316 g/mol. The molecule has 2 N–H and O–H groups in total. The van der Waals surface area contributed by atoms with E-state index in [-0.39, 0.29) is 5.91 Å². The fourth-order valence-electron chi connectivity index (χ4n) is 2.46. The SMILES string of the molecule is COc1ccccc1Nc1cc(-c2ccccc2NC(C)=O)ncn1. The summed E-state index contributed by atoms with van der Waals surface area (Å²) in [4.78, 5) is 20.0. The molecular formula is C19H18N4O2. The molecule has 0 aliphatic rings. The Kier molecular flexibility index (Phi) is 4.89. The second-order valence-corrected chi connectivity index (χ2v) is 5.34. The largest absolute Gasteiger partial charge is 0.495 e. The number of aromatic nitrogens is 2. The molecule has 3 aromatic rings. The van der Waals surface area contributed by atoms with Crippen molar-refractivity contribution in [2.24, 2.45) is 0 Å². The number of nitrogens with one attached hydrogen (secondary N) is 2. The van der Waals surface area contributed by atoms with Crippen LogP contribution in [0.15, 0.2) is 60.9 Å². The zero-order valence-electron chi connectivity index (χ0n) is 14.0. The predicted octanol–water partition coefficient (Wildman–Crippen LogP) is 3.85. The van der Waals surface area contributed by atoms with Crippen molar-refractivity contribution in [2.75, 3.05) is 17.7 Å². The molecule has 0 radical (unpaired) electrons. The van der Waals surface area contributed by atoms with Gasteiger partial charge in [0.2, 0.25) is 5.91 Å². The molecule has 1 amide bonds. The highest BCUT2D eigenvalue weighted by atomic mass is 16.5. The first-order valence-electron chi connectivity index (χ1n) is 7.76. The summed E-state index contributed by atoms with van der Waals surface area (Å²) in [6.07, 6.45) is 1.48. The average molecular weight is 334 g/mol. The third kappa shape index (κ3) is 3.92. The quantitative estimate of drug-likeness (QED) is 0.741. The highest BCUT2D eigenvalue weighted by Crippen LogP contribution is 2.30. The maximum absolute atomic E-state index is 11.4. The first-order chi connectivity index (χ1) is 12.2. The van der Waals surface area contributed by atoms with Crippen LogP contribution in [0.4, 0.5) is 17.2 Å². The van der Waals surface area contributed by atoms with Gasteiger partial charge in [-0.25, -0.2) is 9.97 Å². The predicted molar refractivity (Wildman–Crippen MR) is 98.0 cm³/mol. The van der Waals surface area contributed by atoms with E-state index in [1.165, 1.54) is 13.3 Å². The number of carbonyl (C=O) groups is 1. The molecule has 0 bridgehead atoms. The molecule has 0 fully saturated rings. The molecule has 25 heavy (non-hydrogen) atoms. The molecule has 1 heterocycles. The van der Waals surface area contributed by atoms with E-state index in [1.54, 1.807) is 7.11 Å². The summed E-state index contributed by atoms with van der Waals surface area (Å²) < 4.78 is 5.34. The molecule has 1 aromatic heterocycles. The smallest absolute Gasteiger partial charge is 0.221 e. The maximum atomic E-state index is 11.4. The van der Waals surface area contributed by atoms with E-state index in [1.807, 2.05) is 54.6 Å². The number of rotatable bonds is 5. The van der Waals surface area contributed by atoms with E-state index >= 15 is 0 Å². The molecule has 126 valence electrons. The van der Waals surface area contributed by atoms with Crippen molar-refractivity contribution >= 4 is 23.1 Å². The third-order valence-electron chi connectivity index (χ3n) is 3.55. The molecule has 0 aliphatic carbocycles. The van der Waals surface area contributed by atoms with E-state index in [4.69, 9.17) is 4.74 Å². The number of methoxy groups -OCH3 is 1. The van der Waals surface area contributed by atoms with Crippen LogP contribution in [0, 0.1) is 0 Å². The van der Waals surface area contributed by atoms with Crippen molar-refractivity contribution in [2.45, 2.75) is 6.92 Å². The minimum Gasteiger partial charge on any atom is -0.495 e. The Hall–Kier alpha value is -3.41. The van der Waals surface area contributed by atoms with Gasteiger partial charge < -0.3 is 15.4 Å². The minimum atomic E-state index is -0.131. The number of ether oxygens (including phenoxy) is 1. The van der Waals surface area contributed by atoms with E-state index in [2.05, 4.69) is 20.6 Å². The summed E-state index contributed by atoms with van der Waals surface area (Å²) >= 11 is 0. The Morgan fingerprint density at radius 1 is 1.00 bits per heavy atom. The van der Waals surface area contributed by atoms with Crippen LogP contribution in [0.25, 0.3) is 11.3 Å². The van der Waals surface area contributed by atoms with E-state index in [9.17, 15) is 4.79 Å². The number of hydrogen-bond donors (Lipinski definition) is 2. The molecule has 2 aromatic carbocycles. The lowest BCUT2D eigenvalue weighted by molar-refractivity contribution is -0.114. The monoisotopic (exact) mass is 334 g/mol. The van der Waals surface area contributed by atoms with E-state index in [0.717, 1.165) is 17.0 Å². The average Bonchev–Trinajstić information content (AvgIpc) is 2.62. The number of hydrogen-bond acceptors (Lipinski definition) is 5. The van der Waals surface area contributed by atoms with E-state index < -0.39 is 0 Å². The van der Waals surface area contributed by atoms with Gasteiger partial charge in [-0.1, -0.05) is 30.3 Å². The number of para-hydroxylation sites is 3. The summed E-state index contributed by atoms with van der Waals surface area (Å²) in [5, 5.41) is 6.05. The van der Waals surface area contributed by atoms with Crippen molar-refractivity contribution in [3.8, 4) is 17.0 Å². The summed E-state index contributed by atoms with van der Waals surface area (Å²) in [7, 11) is 1.62. The van der Waals surface area contributed by atoms with Crippen molar-refractivity contribution in [1.82, 2.24) is 9.97 Å². The summed E-state index contributed by atoms with van der Waals surface area (Å²) in [6.45, 7) is 1.48. The highest BCUT2D eigenvalue weighted by molar-refractivity contribution is 5.93. The van der Waals surface area contributed by atoms with Crippen molar-refractivity contribution in [1.29, 1.82) is 0 Å². The summed E-state index contributed by atoms with van der Waals surface area (Å²) in [5.41, 5.74) is 3.04. The standard InChI is InChI=1S/C19H18N4O2/c1-13(24)22-15-8-4-3-7-14(15)17-11-19(21-12-20-17)23-16-9-5-6-10-18(16)25-2/h3-12H,1-2H3,(H,22,24)(H,20,21,23). The van der Waals surface area contributed by atoms with Gasteiger partial charge in [-0.15, -0.1) is 0 Å². The van der Waals surface area contributed by atoms with Gasteiger partial charge >= 0.3 is 0 Å². The number of carbonyl (C=O) groups excluding carboxylic acids is 1. The topological polar surface area (TPSA) is 76.1 Å². The van der Waals surface area contributed by atoms with Crippen molar-refractivity contribution in [3.05, 3.63) is 60.9 Å². The normalized spacial score (nSPS) is 10.2. The molecule has 0 saturated carbocycles. The Balaban J connectivity index is 1.94. The first-order valence-corrected chi connectivity index (χ1v) is 7.76. The Morgan fingerprint density at radius 3 is 2.48 bits per heavy atom. The van der Waals surface area contributed by atoms with Crippen LogP contribution in [0.1, 0.15) is 6.92 Å². The van der Waals surface area contributed by atoms with Gasteiger partial charge in [0.15, 0.2) is 0 Å². The Labute approximate surface area is 145 Å². The van der Waals surface area contributed by atoms with Crippen LogP contribution in [-0.4, -0.2) is 23.0 Å². The van der Waals surface area contributed by atoms with Gasteiger partial charge in [-0.05, 0) is 18.2 Å². The van der Waals surface area contributed by atoms with Crippen LogP contribution in [0.2, 0.25) is 0 Å². The second-order valence-electron chi connectivity index (χ2n) is 5.34. The van der Waals surface area contributed by atoms with Crippen LogP contribution in [0.5, 0.6) is 5.75 Å². The fraction of sp³-hybridized carbons (Fsp3) is 0.105. The van der Waals surface area contributed by atoms with Crippen molar-refractivity contribution < 1.29 is 9.53 Å². The number of amides is 1. The fourth-order valence-corrected chi connectivity index (χ4v) is 2.46.